The maximum Gasteiger partial charge on any atom is 0.224 e. The topological polar surface area (TPSA) is 49.8 Å². The summed E-state index contributed by atoms with van der Waals surface area (Å²) in [7, 11) is 1.76. The summed E-state index contributed by atoms with van der Waals surface area (Å²) in [6, 6.07) is 5.34. The molecule has 6 heteroatoms. The van der Waals surface area contributed by atoms with Gasteiger partial charge in [0.1, 0.15) is 5.82 Å². The van der Waals surface area contributed by atoms with E-state index < -0.39 is 0 Å². The molecule has 0 saturated heterocycles. The average molecular weight is 283 g/mol. The zero-order chi connectivity index (χ0) is 13.1. The molecule has 4 nitrogen and oxygen atoms in total. The Kier molecular flexibility index (Phi) is 3.89. The third kappa shape index (κ3) is 2.83. The van der Waals surface area contributed by atoms with Gasteiger partial charge in [-0.15, -0.1) is 0 Å². The molecule has 18 heavy (non-hydrogen) atoms. The van der Waals surface area contributed by atoms with Gasteiger partial charge in [0.05, 0.1) is 10.7 Å². The number of hydrogen-bond donors (Lipinski definition) is 2. The zero-order valence-corrected chi connectivity index (χ0v) is 11.5. The maximum atomic E-state index is 6.14. The van der Waals surface area contributed by atoms with Crippen LogP contribution in [0, 0.1) is 6.92 Å². The van der Waals surface area contributed by atoms with E-state index in [0.29, 0.717) is 27.5 Å². The fraction of sp³-hybridized carbons (Fsp3) is 0.167. The second-order valence-corrected chi connectivity index (χ2v) is 4.54. The molecule has 1 heterocycles. The molecular weight excluding hydrogens is 271 g/mol. The fourth-order valence-corrected chi connectivity index (χ4v) is 1.86. The van der Waals surface area contributed by atoms with Crippen LogP contribution in [0.3, 0.4) is 0 Å². The second-order valence-electron chi connectivity index (χ2n) is 3.72. The lowest BCUT2D eigenvalue weighted by Gasteiger charge is -2.10. The van der Waals surface area contributed by atoms with Gasteiger partial charge in [0.2, 0.25) is 5.95 Å². The van der Waals surface area contributed by atoms with Gasteiger partial charge in [0.25, 0.3) is 0 Å². The Morgan fingerprint density at radius 2 is 1.94 bits per heavy atom. The van der Waals surface area contributed by atoms with Crippen LogP contribution in [0.2, 0.25) is 10.0 Å². The monoisotopic (exact) mass is 282 g/mol. The predicted octanol–water partition coefficient (Wildman–Crippen LogP) is 3.88. The number of nitrogens with one attached hydrogen (secondary N) is 2. The number of aromatic nitrogens is 2. The molecule has 2 aromatic rings. The van der Waals surface area contributed by atoms with Gasteiger partial charge in [-0.1, -0.05) is 23.2 Å². The summed E-state index contributed by atoms with van der Waals surface area (Å²) in [4.78, 5) is 8.28. The minimum Gasteiger partial charge on any atom is -0.357 e. The van der Waals surface area contributed by atoms with Crippen molar-refractivity contribution in [2.75, 3.05) is 17.7 Å². The summed E-state index contributed by atoms with van der Waals surface area (Å²) < 4.78 is 0. The van der Waals surface area contributed by atoms with Crippen LogP contribution in [-0.2, 0) is 0 Å². The Labute approximate surface area is 115 Å². The van der Waals surface area contributed by atoms with Crippen molar-refractivity contribution < 1.29 is 0 Å². The van der Waals surface area contributed by atoms with E-state index in [1.165, 1.54) is 0 Å². The summed E-state index contributed by atoms with van der Waals surface area (Å²) in [6.07, 6.45) is 1.66. The molecule has 0 unspecified atom stereocenters. The second kappa shape index (κ2) is 5.42. The van der Waals surface area contributed by atoms with Gasteiger partial charge in [-0.25, -0.2) is 4.98 Å². The summed E-state index contributed by atoms with van der Waals surface area (Å²) in [5, 5.41) is 7.23. The van der Waals surface area contributed by atoms with Crippen molar-refractivity contribution in [3.63, 3.8) is 0 Å². The molecule has 0 radical (unpaired) electrons. The summed E-state index contributed by atoms with van der Waals surface area (Å²) >= 11 is 12.2. The van der Waals surface area contributed by atoms with Crippen LogP contribution in [0.4, 0.5) is 17.5 Å². The summed E-state index contributed by atoms with van der Waals surface area (Å²) in [5.41, 5.74) is 1.65. The third-order valence-corrected chi connectivity index (χ3v) is 3.11. The number of aryl methyl sites for hydroxylation is 1. The van der Waals surface area contributed by atoms with Crippen LogP contribution >= 0.6 is 23.2 Å². The van der Waals surface area contributed by atoms with Crippen LogP contribution in [0.25, 0.3) is 0 Å². The van der Waals surface area contributed by atoms with Gasteiger partial charge in [-0.05, 0) is 30.7 Å². The predicted molar refractivity (Wildman–Crippen MR) is 76.1 cm³/mol. The first-order valence-corrected chi connectivity index (χ1v) is 6.09. The van der Waals surface area contributed by atoms with E-state index in [9.17, 15) is 0 Å². The molecule has 94 valence electrons. The third-order valence-electron chi connectivity index (χ3n) is 2.39. The SMILES string of the molecule is CNc1nccc(Nc2cc(Cl)c(C)cc2Cl)n1. The zero-order valence-electron chi connectivity index (χ0n) is 9.96. The molecule has 0 amide bonds. The lowest BCUT2D eigenvalue weighted by Crippen LogP contribution is -2.00. The van der Waals surface area contributed by atoms with Crippen molar-refractivity contribution in [1.82, 2.24) is 9.97 Å². The van der Waals surface area contributed by atoms with Gasteiger partial charge in [0.15, 0.2) is 0 Å². The molecule has 2 rings (SSSR count). The summed E-state index contributed by atoms with van der Waals surface area (Å²) in [6.45, 7) is 1.90. The van der Waals surface area contributed by atoms with Gasteiger partial charge >= 0.3 is 0 Å². The number of anilines is 3. The first-order valence-electron chi connectivity index (χ1n) is 5.33. The van der Waals surface area contributed by atoms with Crippen LogP contribution < -0.4 is 10.6 Å². The van der Waals surface area contributed by atoms with Crippen molar-refractivity contribution >= 4 is 40.7 Å². The lowest BCUT2D eigenvalue weighted by molar-refractivity contribution is 1.15. The van der Waals surface area contributed by atoms with Gasteiger partial charge in [-0.3, -0.25) is 0 Å². The molecule has 0 spiro atoms. The van der Waals surface area contributed by atoms with E-state index in [-0.39, 0.29) is 0 Å². The van der Waals surface area contributed by atoms with E-state index in [1.807, 2.05) is 13.0 Å². The van der Waals surface area contributed by atoms with Gasteiger partial charge in [0, 0.05) is 18.3 Å². The number of hydrogen-bond acceptors (Lipinski definition) is 4. The van der Waals surface area contributed by atoms with E-state index >= 15 is 0 Å². The van der Waals surface area contributed by atoms with E-state index in [0.717, 1.165) is 5.56 Å². The standard InChI is InChI=1S/C12H12Cl2N4/c1-7-5-9(14)10(6-8(7)13)17-11-3-4-16-12(15-2)18-11/h3-6H,1-2H3,(H2,15,16,17,18). The number of benzene rings is 1. The van der Waals surface area contributed by atoms with Crippen molar-refractivity contribution in [3.05, 3.63) is 40.0 Å². The first-order chi connectivity index (χ1) is 8.60. The van der Waals surface area contributed by atoms with Crippen molar-refractivity contribution in [3.8, 4) is 0 Å². The molecule has 1 aromatic heterocycles. The first kappa shape index (κ1) is 12.9. The molecule has 0 aliphatic heterocycles. The van der Waals surface area contributed by atoms with E-state index in [4.69, 9.17) is 23.2 Å². The lowest BCUT2D eigenvalue weighted by atomic mass is 10.2. The quantitative estimate of drug-likeness (QED) is 0.897. The van der Waals surface area contributed by atoms with Crippen molar-refractivity contribution in [2.24, 2.45) is 0 Å². The van der Waals surface area contributed by atoms with Gasteiger partial charge < -0.3 is 10.6 Å². The normalized spacial score (nSPS) is 10.2. The molecule has 1 aromatic carbocycles. The van der Waals surface area contributed by atoms with Crippen molar-refractivity contribution in [1.29, 1.82) is 0 Å². The van der Waals surface area contributed by atoms with Crippen LogP contribution in [-0.4, -0.2) is 17.0 Å². The molecule has 2 N–H and O–H groups in total. The Morgan fingerprint density at radius 1 is 1.17 bits per heavy atom. The fourth-order valence-electron chi connectivity index (χ4n) is 1.43. The highest BCUT2D eigenvalue weighted by molar-refractivity contribution is 6.35. The van der Waals surface area contributed by atoms with E-state index in [2.05, 4.69) is 20.6 Å². The van der Waals surface area contributed by atoms with Crippen LogP contribution in [0.1, 0.15) is 5.56 Å². The minimum atomic E-state index is 0.536. The number of nitrogens with zero attached hydrogens (tertiary/aromatic N) is 2. The highest BCUT2D eigenvalue weighted by Gasteiger charge is 2.06. The highest BCUT2D eigenvalue weighted by atomic mass is 35.5. The smallest absolute Gasteiger partial charge is 0.224 e. The Balaban J connectivity index is 2.30. The highest BCUT2D eigenvalue weighted by Crippen LogP contribution is 2.30. The number of rotatable bonds is 3. The molecule has 0 bridgehead atoms. The Bertz CT molecular complexity index is 572. The van der Waals surface area contributed by atoms with Crippen LogP contribution in [0.15, 0.2) is 24.4 Å². The average Bonchev–Trinajstić information content (AvgIpc) is 2.36. The number of halogens is 2. The van der Waals surface area contributed by atoms with Gasteiger partial charge in [-0.2, -0.15) is 4.98 Å². The molecule has 0 atom stereocenters. The molecule has 0 fully saturated rings. The summed E-state index contributed by atoms with van der Waals surface area (Å²) in [5.74, 6) is 1.19. The molecule has 0 aliphatic rings. The van der Waals surface area contributed by atoms with E-state index in [1.54, 1.807) is 25.4 Å². The minimum absolute atomic E-state index is 0.536. The van der Waals surface area contributed by atoms with Crippen molar-refractivity contribution in [2.45, 2.75) is 6.92 Å². The van der Waals surface area contributed by atoms with Crippen LogP contribution in [0.5, 0.6) is 0 Å². The molecule has 0 saturated carbocycles. The maximum absolute atomic E-state index is 6.14. The molecular formula is C12H12Cl2N4. The largest absolute Gasteiger partial charge is 0.357 e. The Morgan fingerprint density at radius 3 is 2.67 bits per heavy atom. The Hall–Kier alpha value is -1.52. The molecule has 0 aliphatic carbocycles.